The van der Waals surface area contributed by atoms with Crippen LogP contribution in [0.3, 0.4) is 0 Å². The summed E-state index contributed by atoms with van der Waals surface area (Å²) in [6, 6.07) is 0. The number of rotatable bonds is 0. The van der Waals surface area contributed by atoms with Crippen LogP contribution in [0.25, 0.3) is 0 Å². The molecule has 1 rings (SSSR count). The Morgan fingerprint density at radius 2 is 1.80 bits per heavy atom. The Hall–Kier alpha value is -0.0400. The van der Waals surface area contributed by atoms with E-state index in [1.54, 1.807) is 0 Å². The zero-order valence-electron chi connectivity index (χ0n) is 3.65. The maximum Gasteiger partial charge on any atom is 0.0442 e. The van der Waals surface area contributed by atoms with Crippen LogP contribution < -0.4 is 5.32 Å². The van der Waals surface area contributed by atoms with E-state index in [2.05, 4.69) is 19.2 Å². The Morgan fingerprint density at radius 1 is 1.60 bits per heavy atom. The lowest BCUT2D eigenvalue weighted by atomic mass is 10.3. The second-order valence-electron chi connectivity index (χ2n) is 2.13. The lowest BCUT2D eigenvalue weighted by molar-refractivity contribution is 0.779. The predicted molar refractivity (Wildman–Crippen MR) is 21.1 cm³/mol. The van der Waals surface area contributed by atoms with Crippen molar-refractivity contribution >= 4 is 0 Å². The van der Waals surface area contributed by atoms with E-state index in [9.17, 15) is 0 Å². The Balaban J connectivity index is 2.38. The van der Waals surface area contributed by atoms with Crippen molar-refractivity contribution in [1.82, 2.24) is 5.32 Å². The van der Waals surface area contributed by atoms with Crippen LogP contribution in [0.2, 0.25) is 0 Å². The van der Waals surface area contributed by atoms with Gasteiger partial charge < -0.3 is 0 Å². The largest absolute Gasteiger partial charge is 0.232 e. The Bertz CT molecular complexity index is 41.6. The van der Waals surface area contributed by atoms with Gasteiger partial charge in [0, 0.05) is 12.1 Å². The van der Waals surface area contributed by atoms with Crippen molar-refractivity contribution in [2.45, 2.75) is 19.4 Å². The molecule has 0 aromatic heterocycles. The van der Waals surface area contributed by atoms with Crippen molar-refractivity contribution in [1.29, 1.82) is 0 Å². The summed E-state index contributed by atoms with van der Waals surface area (Å²) < 4.78 is 0. The first kappa shape index (κ1) is 3.16. The molecule has 0 atom stereocenters. The highest BCUT2D eigenvalue weighted by molar-refractivity contribution is 4.93. The molecule has 1 fully saturated rings. The van der Waals surface area contributed by atoms with Gasteiger partial charge in [-0.1, -0.05) is 0 Å². The van der Waals surface area contributed by atoms with Crippen LogP contribution in [0.4, 0.5) is 0 Å². The molecular weight excluding hydrogens is 62.1 g/mol. The summed E-state index contributed by atoms with van der Waals surface area (Å²) in [5.41, 5.74) is 0.375. The van der Waals surface area contributed by atoms with Crippen molar-refractivity contribution in [2.75, 3.05) is 6.54 Å². The molecule has 0 spiro atoms. The Labute approximate surface area is 32.4 Å². The minimum atomic E-state index is 0.375. The summed E-state index contributed by atoms with van der Waals surface area (Å²) in [5, 5.41) is 4.03. The minimum Gasteiger partial charge on any atom is -0.232 e. The van der Waals surface area contributed by atoms with E-state index >= 15 is 0 Å². The van der Waals surface area contributed by atoms with Crippen LogP contribution in [0, 0.1) is 0 Å². The van der Waals surface area contributed by atoms with Gasteiger partial charge in [-0.05, 0) is 13.8 Å². The topological polar surface area (TPSA) is 14.1 Å². The molecular formula is C4H8N. The van der Waals surface area contributed by atoms with Crippen LogP contribution in [-0.2, 0) is 0 Å². The molecule has 0 aromatic carbocycles. The standard InChI is InChI=1S/C4H8N/c1-4(2)3-5-4/h3H2,1-2H3. The third-order valence-corrected chi connectivity index (χ3v) is 0.791. The first-order valence-electron chi connectivity index (χ1n) is 1.89. The average Bonchev–Trinajstić information content (AvgIpc) is 1.76. The molecule has 0 unspecified atom stereocenters. The van der Waals surface area contributed by atoms with Crippen molar-refractivity contribution in [3.8, 4) is 0 Å². The minimum absolute atomic E-state index is 0.375. The summed E-state index contributed by atoms with van der Waals surface area (Å²) in [6.07, 6.45) is 0. The van der Waals surface area contributed by atoms with Gasteiger partial charge in [0.1, 0.15) is 0 Å². The van der Waals surface area contributed by atoms with Crippen LogP contribution >= 0.6 is 0 Å². The summed E-state index contributed by atoms with van der Waals surface area (Å²) in [6.45, 7) is 5.34. The SMILES string of the molecule is CC1(C)C[N]1. The molecule has 1 nitrogen and oxygen atoms in total. The highest BCUT2D eigenvalue weighted by Gasteiger charge is 2.31. The summed E-state index contributed by atoms with van der Waals surface area (Å²) in [5.74, 6) is 0. The van der Waals surface area contributed by atoms with Gasteiger partial charge >= 0.3 is 0 Å². The normalized spacial score (nSPS) is 30.0. The van der Waals surface area contributed by atoms with Gasteiger partial charge in [-0.25, -0.2) is 5.32 Å². The third-order valence-electron chi connectivity index (χ3n) is 0.791. The summed E-state index contributed by atoms with van der Waals surface area (Å²) in [7, 11) is 0. The first-order valence-corrected chi connectivity index (χ1v) is 1.89. The van der Waals surface area contributed by atoms with Gasteiger partial charge in [0.05, 0.1) is 0 Å². The molecule has 1 saturated heterocycles. The van der Waals surface area contributed by atoms with E-state index in [1.807, 2.05) is 0 Å². The van der Waals surface area contributed by atoms with Crippen LogP contribution in [0.1, 0.15) is 13.8 Å². The number of hydrogen-bond acceptors (Lipinski definition) is 0. The average molecular weight is 70.1 g/mol. The molecule has 0 aliphatic carbocycles. The van der Waals surface area contributed by atoms with Crippen LogP contribution in [-0.4, -0.2) is 12.1 Å². The van der Waals surface area contributed by atoms with E-state index in [4.69, 9.17) is 0 Å². The Kier molecular flexibility index (Phi) is 0.346. The summed E-state index contributed by atoms with van der Waals surface area (Å²) >= 11 is 0. The van der Waals surface area contributed by atoms with Gasteiger partial charge in [-0.2, -0.15) is 0 Å². The fourth-order valence-electron chi connectivity index (χ4n) is 0.158. The van der Waals surface area contributed by atoms with Crippen molar-refractivity contribution in [3.05, 3.63) is 0 Å². The molecule has 1 radical (unpaired) electrons. The zero-order chi connectivity index (χ0) is 3.91. The van der Waals surface area contributed by atoms with Crippen molar-refractivity contribution in [2.24, 2.45) is 0 Å². The van der Waals surface area contributed by atoms with Gasteiger partial charge in [-0.3, -0.25) is 0 Å². The van der Waals surface area contributed by atoms with E-state index in [1.165, 1.54) is 0 Å². The van der Waals surface area contributed by atoms with Crippen LogP contribution in [0.15, 0.2) is 0 Å². The highest BCUT2D eigenvalue weighted by atomic mass is 15.1. The Morgan fingerprint density at radius 3 is 1.80 bits per heavy atom. The maximum absolute atomic E-state index is 4.03. The van der Waals surface area contributed by atoms with Crippen molar-refractivity contribution in [3.63, 3.8) is 0 Å². The third kappa shape index (κ3) is 0.618. The van der Waals surface area contributed by atoms with E-state index in [-0.39, 0.29) is 0 Å². The number of hydrogen-bond donors (Lipinski definition) is 0. The molecule has 1 heteroatoms. The lowest BCUT2D eigenvalue weighted by Gasteiger charge is -1.82. The monoisotopic (exact) mass is 70.1 g/mol. The first-order chi connectivity index (χ1) is 2.21. The quantitative estimate of drug-likeness (QED) is 0.366. The number of nitrogens with zero attached hydrogens (tertiary/aromatic N) is 1. The lowest BCUT2D eigenvalue weighted by Crippen LogP contribution is -1.94. The predicted octanol–water partition coefficient (Wildman–Crippen LogP) is 0.383. The molecule has 29 valence electrons. The second kappa shape index (κ2) is 0.548. The molecule has 0 bridgehead atoms. The molecule has 0 amide bonds. The molecule has 0 saturated carbocycles. The van der Waals surface area contributed by atoms with Gasteiger partial charge in [0.15, 0.2) is 0 Å². The molecule has 1 heterocycles. The fraction of sp³-hybridized carbons (Fsp3) is 1.00. The molecule has 0 aromatic rings. The molecule has 1 aliphatic heterocycles. The van der Waals surface area contributed by atoms with Gasteiger partial charge in [-0.15, -0.1) is 0 Å². The smallest absolute Gasteiger partial charge is 0.0442 e. The zero-order valence-corrected chi connectivity index (χ0v) is 3.65. The van der Waals surface area contributed by atoms with Gasteiger partial charge in [0.25, 0.3) is 0 Å². The van der Waals surface area contributed by atoms with Crippen LogP contribution in [0.5, 0.6) is 0 Å². The fourth-order valence-corrected chi connectivity index (χ4v) is 0.158. The molecule has 1 aliphatic rings. The molecule has 5 heavy (non-hydrogen) atoms. The highest BCUT2D eigenvalue weighted by Crippen LogP contribution is 2.15. The van der Waals surface area contributed by atoms with E-state index < -0.39 is 0 Å². The van der Waals surface area contributed by atoms with E-state index in [0.717, 1.165) is 6.54 Å². The second-order valence-corrected chi connectivity index (χ2v) is 2.13. The van der Waals surface area contributed by atoms with Gasteiger partial charge in [0.2, 0.25) is 0 Å². The molecule has 0 N–H and O–H groups in total. The summed E-state index contributed by atoms with van der Waals surface area (Å²) in [4.78, 5) is 0. The van der Waals surface area contributed by atoms with Crippen molar-refractivity contribution < 1.29 is 0 Å². The van der Waals surface area contributed by atoms with E-state index in [0.29, 0.717) is 5.54 Å². The maximum atomic E-state index is 4.03.